The zero-order valence-corrected chi connectivity index (χ0v) is 17.9. The summed E-state index contributed by atoms with van der Waals surface area (Å²) in [6.07, 6.45) is 0. The van der Waals surface area contributed by atoms with Crippen molar-refractivity contribution in [2.45, 2.75) is 6.92 Å². The van der Waals surface area contributed by atoms with Crippen LogP contribution in [0.25, 0.3) is 22.8 Å². The lowest BCUT2D eigenvalue weighted by atomic mass is 10.2. The molecule has 0 bridgehead atoms. The van der Waals surface area contributed by atoms with Gasteiger partial charge in [-0.05, 0) is 43.3 Å². The second-order valence-electron chi connectivity index (χ2n) is 5.36. The summed E-state index contributed by atoms with van der Waals surface area (Å²) in [5, 5.41) is 14.1. The Hall–Kier alpha value is -2.72. The smallest absolute Gasteiger partial charge is 0.335 e. The SMILES string of the molecule is CCOc1n[nH]c(-c2ccc(Br)cc2)n1.Nc1nnc(-c2ccc(Br)cc2)o1. The molecular weight excluding hydrogens is 492 g/mol. The minimum atomic E-state index is 0.0814. The largest absolute Gasteiger partial charge is 0.463 e. The molecular formula is C18H16Br2N6O2. The Labute approximate surface area is 177 Å². The molecule has 0 saturated heterocycles. The third kappa shape index (κ3) is 5.40. The van der Waals surface area contributed by atoms with E-state index in [1.807, 2.05) is 55.5 Å². The number of nitrogens with zero attached hydrogens (tertiary/aromatic N) is 4. The molecule has 10 heteroatoms. The van der Waals surface area contributed by atoms with Gasteiger partial charge in [0.15, 0.2) is 5.82 Å². The van der Waals surface area contributed by atoms with Crippen LogP contribution in [0, 0.1) is 0 Å². The molecule has 2 aromatic heterocycles. The van der Waals surface area contributed by atoms with Crippen LogP contribution in [0.2, 0.25) is 0 Å². The number of nitrogens with one attached hydrogen (secondary N) is 1. The number of hydrogen-bond acceptors (Lipinski definition) is 7. The number of rotatable bonds is 4. The van der Waals surface area contributed by atoms with Crippen molar-refractivity contribution in [1.29, 1.82) is 0 Å². The zero-order valence-electron chi connectivity index (χ0n) is 14.8. The summed E-state index contributed by atoms with van der Waals surface area (Å²) >= 11 is 6.71. The van der Waals surface area contributed by atoms with Gasteiger partial charge in [0, 0.05) is 20.1 Å². The average molecular weight is 508 g/mol. The molecule has 0 unspecified atom stereocenters. The van der Waals surface area contributed by atoms with E-state index in [9.17, 15) is 0 Å². The second-order valence-corrected chi connectivity index (χ2v) is 7.19. The number of halogens is 2. The quantitative estimate of drug-likeness (QED) is 0.410. The number of nitrogen functional groups attached to an aromatic ring is 1. The number of aromatic nitrogens is 5. The summed E-state index contributed by atoms with van der Waals surface area (Å²) in [4.78, 5) is 4.20. The number of H-pyrrole nitrogens is 1. The molecule has 0 aliphatic rings. The molecule has 28 heavy (non-hydrogen) atoms. The van der Waals surface area contributed by atoms with Crippen molar-refractivity contribution in [2.75, 3.05) is 12.3 Å². The molecule has 0 aliphatic heterocycles. The van der Waals surface area contributed by atoms with Gasteiger partial charge in [-0.25, -0.2) is 0 Å². The fourth-order valence-corrected chi connectivity index (χ4v) is 2.65. The van der Waals surface area contributed by atoms with Crippen LogP contribution in [0.15, 0.2) is 61.9 Å². The van der Waals surface area contributed by atoms with Gasteiger partial charge in [-0.15, -0.1) is 10.2 Å². The Kier molecular flexibility index (Phi) is 6.77. The van der Waals surface area contributed by atoms with E-state index >= 15 is 0 Å². The molecule has 0 aliphatic carbocycles. The average Bonchev–Trinajstić information content (AvgIpc) is 3.33. The van der Waals surface area contributed by atoms with Gasteiger partial charge in [0.2, 0.25) is 5.89 Å². The summed E-state index contributed by atoms with van der Waals surface area (Å²) < 4.78 is 12.3. The topological polar surface area (TPSA) is 116 Å². The number of aromatic amines is 1. The van der Waals surface area contributed by atoms with Gasteiger partial charge in [0.25, 0.3) is 0 Å². The highest BCUT2D eigenvalue weighted by molar-refractivity contribution is 9.10. The van der Waals surface area contributed by atoms with Crippen LogP contribution in [0.3, 0.4) is 0 Å². The number of ether oxygens (including phenoxy) is 1. The van der Waals surface area contributed by atoms with Gasteiger partial charge in [-0.2, -0.15) is 4.98 Å². The van der Waals surface area contributed by atoms with E-state index < -0.39 is 0 Å². The third-order valence-corrected chi connectivity index (χ3v) is 4.45. The molecule has 4 aromatic rings. The van der Waals surface area contributed by atoms with Gasteiger partial charge >= 0.3 is 12.0 Å². The van der Waals surface area contributed by atoms with Crippen molar-refractivity contribution >= 4 is 37.9 Å². The van der Waals surface area contributed by atoms with Crippen molar-refractivity contribution < 1.29 is 9.15 Å². The number of anilines is 1. The van der Waals surface area contributed by atoms with E-state index in [0.717, 1.165) is 20.1 Å². The summed E-state index contributed by atoms with van der Waals surface area (Å²) in [6, 6.07) is 15.8. The molecule has 8 nitrogen and oxygen atoms in total. The van der Waals surface area contributed by atoms with E-state index in [0.29, 0.717) is 24.3 Å². The fourth-order valence-electron chi connectivity index (χ4n) is 2.12. The Bertz CT molecular complexity index is 1020. The van der Waals surface area contributed by atoms with Crippen molar-refractivity contribution in [3.63, 3.8) is 0 Å². The zero-order chi connectivity index (χ0) is 19.9. The maximum atomic E-state index is 5.30. The molecule has 0 fully saturated rings. The van der Waals surface area contributed by atoms with Crippen LogP contribution >= 0.6 is 31.9 Å². The first-order valence-electron chi connectivity index (χ1n) is 8.21. The Morgan fingerprint density at radius 3 is 2.11 bits per heavy atom. The highest BCUT2D eigenvalue weighted by Gasteiger charge is 2.06. The molecule has 2 aromatic carbocycles. The van der Waals surface area contributed by atoms with Gasteiger partial charge < -0.3 is 14.9 Å². The molecule has 0 saturated carbocycles. The predicted molar refractivity (Wildman–Crippen MR) is 113 cm³/mol. The number of hydrogen-bond donors (Lipinski definition) is 2. The molecule has 144 valence electrons. The van der Waals surface area contributed by atoms with Crippen LogP contribution in [0.1, 0.15) is 6.92 Å². The maximum Gasteiger partial charge on any atom is 0.335 e. The van der Waals surface area contributed by atoms with E-state index in [1.165, 1.54) is 0 Å². The minimum absolute atomic E-state index is 0.0814. The molecule has 0 amide bonds. The van der Waals surface area contributed by atoms with Gasteiger partial charge in [0.1, 0.15) is 0 Å². The third-order valence-electron chi connectivity index (χ3n) is 3.39. The normalized spacial score (nSPS) is 10.2. The highest BCUT2D eigenvalue weighted by Crippen LogP contribution is 2.21. The Morgan fingerprint density at radius 2 is 1.57 bits per heavy atom. The lowest BCUT2D eigenvalue weighted by Gasteiger charge is -1.95. The standard InChI is InChI=1S/C10H10BrN3O.C8H6BrN3O/c1-2-15-10-12-9(13-14-10)7-3-5-8(11)6-4-7;9-6-3-1-5(2-4-6)7-11-12-8(10)13-7/h3-6H,2H2,1H3,(H,12,13,14);1-4H,(H2,10,12). The number of benzene rings is 2. The summed E-state index contributed by atoms with van der Waals surface area (Å²) in [6.45, 7) is 2.47. The lowest BCUT2D eigenvalue weighted by Crippen LogP contribution is -1.92. The first-order valence-corrected chi connectivity index (χ1v) is 9.80. The van der Waals surface area contributed by atoms with Gasteiger partial charge in [-0.3, -0.25) is 5.10 Å². The lowest BCUT2D eigenvalue weighted by molar-refractivity contribution is 0.314. The number of nitrogens with two attached hydrogens (primary N) is 1. The van der Waals surface area contributed by atoms with Gasteiger partial charge in [0.05, 0.1) is 6.61 Å². The van der Waals surface area contributed by atoms with Crippen molar-refractivity contribution in [3.8, 4) is 28.9 Å². The first kappa shape index (κ1) is 20.0. The Morgan fingerprint density at radius 1 is 0.964 bits per heavy atom. The maximum absolute atomic E-state index is 5.30. The molecule has 0 spiro atoms. The van der Waals surface area contributed by atoms with E-state index in [-0.39, 0.29) is 6.01 Å². The van der Waals surface area contributed by atoms with E-state index in [4.69, 9.17) is 14.9 Å². The monoisotopic (exact) mass is 506 g/mol. The van der Waals surface area contributed by atoms with Crippen LogP contribution in [0.4, 0.5) is 6.01 Å². The van der Waals surface area contributed by atoms with Crippen molar-refractivity contribution in [3.05, 3.63) is 57.5 Å². The van der Waals surface area contributed by atoms with Gasteiger partial charge in [-0.1, -0.05) is 49.1 Å². The second kappa shape index (κ2) is 9.47. The van der Waals surface area contributed by atoms with Crippen LogP contribution in [-0.2, 0) is 0 Å². The molecule has 0 atom stereocenters. The van der Waals surface area contributed by atoms with Crippen molar-refractivity contribution in [2.24, 2.45) is 0 Å². The molecule has 0 radical (unpaired) electrons. The Balaban J connectivity index is 0.000000162. The first-order chi connectivity index (χ1) is 13.5. The van der Waals surface area contributed by atoms with E-state index in [1.54, 1.807) is 0 Å². The van der Waals surface area contributed by atoms with Crippen molar-refractivity contribution in [1.82, 2.24) is 25.4 Å². The molecule has 3 N–H and O–H groups in total. The summed E-state index contributed by atoms with van der Waals surface area (Å²) in [7, 11) is 0. The molecule has 2 heterocycles. The minimum Gasteiger partial charge on any atom is -0.463 e. The molecule has 4 rings (SSSR count). The predicted octanol–water partition coefficient (Wildman–Crippen LogP) is 4.71. The fraction of sp³-hybridized carbons (Fsp3) is 0.111. The summed E-state index contributed by atoms with van der Waals surface area (Å²) in [5.41, 5.74) is 7.13. The van der Waals surface area contributed by atoms with E-state index in [2.05, 4.69) is 57.2 Å². The highest BCUT2D eigenvalue weighted by atomic mass is 79.9. The van der Waals surface area contributed by atoms with Crippen LogP contribution < -0.4 is 10.5 Å². The summed E-state index contributed by atoms with van der Waals surface area (Å²) in [5.74, 6) is 1.15. The van der Waals surface area contributed by atoms with Crippen LogP contribution in [-0.4, -0.2) is 32.0 Å². The van der Waals surface area contributed by atoms with Crippen LogP contribution in [0.5, 0.6) is 6.01 Å².